The number of H-pyrrole nitrogens is 1. The molecule has 3 aromatic rings. The van der Waals surface area contributed by atoms with Crippen LogP contribution in [0.5, 0.6) is 0 Å². The summed E-state index contributed by atoms with van der Waals surface area (Å²) in [5.41, 5.74) is -0.0556. The number of benzene rings is 2. The molecule has 0 saturated carbocycles. The molecule has 0 aliphatic carbocycles. The monoisotopic (exact) mass is 331 g/mol. The van der Waals surface area contributed by atoms with Gasteiger partial charge in [0, 0.05) is 31.2 Å². The molecule has 94 valence electrons. The van der Waals surface area contributed by atoms with Crippen molar-refractivity contribution in [3.05, 3.63) is 69.6 Å². The van der Waals surface area contributed by atoms with E-state index in [4.69, 9.17) is 0 Å². The van der Waals surface area contributed by atoms with Gasteiger partial charge in [-0.3, -0.25) is 4.79 Å². The topological polar surface area (TPSA) is 32.9 Å². The van der Waals surface area contributed by atoms with Crippen LogP contribution in [-0.2, 0) is 0 Å². The Kier molecular flexibility index (Phi) is 3.44. The molecule has 2 aromatic carbocycles. The molecule has 4 heteroatoms. The van der Waals surface area contributed by atoms with Crippen LogP contribution in [0.25, 0.3) is 10.8 Å². The van der Waals surface area contributed by atoms with Gasteiger partial charge in [-0.1, -0.05) is 45.9 Å². The second-order valence-electron chi connectivity index (χ2n) is 4.09. The molecule has 0 atom stereocenters. The maximum atomic E-state index is 11.8. The fourth-order valence-corrected chi connectivity index (χ4v) is 3.21. The van der Waals surface area contributed by atoms with E-state index >= 15 is 0 Å². The predicted octanol–water partition coefficient (Wildman–Crippen LogP) is 4.44. The highest BCUT2D eigenvalue weighted by Gasteiger charge is 2.06. The third-order valence-corrected chi connectivity index (χ3v) is 4.36. The summed E-state index contributed by atoms with van der Waals surface area (Å²) in [6, 6.07) is 15.8. The number of aromatic amines is 1. The average molecular weight is 332 g/mol. The lowest BCUT2D eigenvalue weighted by Crippen LogP contribution is -2.05. The summed E-state index contributed by atoms with van der Waals surface area (Å²) in [5.74, 6) is 0. The van der Waals surface area contributed by atoms with E-state index in [1.807, 2.05) is 36.4 Å². The summed E-state index contributed by atoms with van der Waals surface area (Å²) in [6.07, 6.45) is 1.77. The Bertz CT molecular complexity index is 783. The van der Waals surface area contributed by atoms with Crippen molar-refractivity contribution in [2.45, 2.75) is 9.79 Å². The van der Waals surface area contributed by atoms with E-state index in [0.717, 1.165) is 19.6 Å². The molecule has 0 spiro atoms. The number of nitrogens with one attached hydrogen (secondary N) is 1. The van der Waals surface area contributed by atoms with Crippen molar-refractivity contribution in [1.82, 2.24) is 4.98 Å². The first kappa shape index (κ1) is 12.5. The van der Waals surface area contributed by atoms with Crippen LogP contribution in [-0.4, -0.2) is 4.98 Å². The van der Waals surface area contributed by atoms with Crippen LogP contribution >= 0.6 is 27.7 Å². The number of pyridine rings is 1. The number of halogens is 1. The van der Waals surface area contributed by atoms with Gasteiger partial charge in [0.05, 0.1) is 0 Å². The van der Waals surface area contributed by atoms with Crippen LogP contribution in [0.1, 0.15) is 0 Å². The summed E-state index contributed by atoms with van der Waals surface area (Å²) in [5, 5.41) is 1.68. The van der Waals surface area contributed by atoms with Crippen LogP contribution in [0.2, 0.25) is 0 Å². The van der Waals surface area contributed by atoms with Gasteiger partial charge in [0.15, 0.2) is 0 Å². The zero-order chi connectivity index (χ0) is 13.2. The molecule has 0 amide bonds. The van der Waals surface area contributed by atoms with Crippen LogP contribution in [0, 0.1) is 0 Å². The van der Waals surface area contributed by atoms with Gasteiger partial charge in [0.2, 0.25) is 0 Å². The van der Waals surface area contributed by atoms with Crippen LogP contribution < -0.4 is 5.56 Å². The van der Waals surface area contributed by atoms with E-state index in [1.54, 1.807) is 18.0 Å². The second kappa shape index (κ2) is 5.23. The maximum Gasteiger partial charge on any atom is 0.255 e. The van der Waals surface area contributed by atoms with Gasteiger partial charge in [-0.15, -0.1) is 0 Å². The quantitative estimate of drug-likeness (QED) is 0.752. The van der Waals surface area contributed by atoms with Crippen molar-refractivity contribution in [3.63, 3.8) is 0 Å². The van der Waals surface area contributed by atoms with Gasteiger partial charge in [-0.2, -0.15) is 0 Å². The van der Waals surface area contributed by atoms with Crippen molar-refractivity contribution in [2.24, 2.45) is 0 Å². The minimum Gasteiger partial charge on any atom is -0.327 e. The molecule has 19 heavy (non-hydrogen) atoms. The lowest BCUT2D eigenvalue weighted by molar-refractivity contribution is 1.22. The van der Waals surface area contributed by atoms with E-state index in [0.29, 0.717) is 5.39 Å². The lowest BCUT2D eigenvalue weighted by Gasteiger charge is -2.06. The molecule has 1 heterocycles. The van der Waals surface area contributed by atoms with Gasteiger partial charge < -0.3 is 4.98 Å². The van der Waals surface area contributed by atoms with Gasteiger partial charge in [-0.25, -0.2) is 0 Å². The van der Waals surface area contributed by atoms with Crippen molar-refractivity contribution < 1.29 is 0 Å². The largest absolute Gasteiger partial charge is 0.327 e. The molecule has 0 radical (unpaired) electrons. The van der Waals surface area contributed by atoms with E-state index in [-0.39, 0.29) is 5.56 Å². The molecule has 3 rings (SSSR count). The van der Waals surface area contributed by atoms with Crippen LogP contribution in [0.15, 0.2) is 73.8 Å². The zero-order valence-electron chi connectivity index (χ0n) is 9.89. The first-order chi connectivity index (χ1) is 9.24. The maximum absolute atomic E-state index is 11.8. The van der Waals surface area contributed by atoms with E-state index < -0.39 is 0 Å². The van der Waals surface area contributed by atoms with Crippen molar-refractivity contribution in [2.75, 3.05) is 0 Å². The Morgan fingerprint density at radius 2 is 1.79 bits per heavy atom. The van der Waals surface area contributed by atoms with Crippen LogP contribution in [0.4, 0.5) is 0 Å². The Morgan fingerprint density at radius 1 is 1.00 bits per heavy atom. The van der Waals surface area contributed by atoms with Gasteiger partial charge in [0.1, 0.15) is 0 Å². The normalized spacial score (nSPS) is 10.8. The second-order valence-corrected chi connectivity index (χ2v) is 6.12. The minimum absolute atomic E-state index is 0.0556. The molecule has 0 aliphatic rings. The van der Waals surface area contributed by atoms with Gasteiger partial charge in [0.25, 0.3) is 5.56 Å². The molecule has 0 bridgehead atoms. The summed E-state index contributed by atoms with van der Waals surface area (Å²) in [4.78, 5) is 16.8. The smallest absolute Gasteiger partial charge is 0.255 e. The first-order valence-electron chi connectivity index (χ1n) is 5.78. The summed E-state index contributed by atoms with van der Waals surface area (Å²) in [7, 11) is 0. The zero-order valence-corrected chi connectivity index (χ0v) is 12.3. The fraction of sp³-hybridized carbons (Fsp3) is 0. The van der Waals surface area contributed by atoms with Crippen molar-refractivity contribution in [3.8, 4) is 0 Å². The molecule has 0 aliphatic heterocycles. The molecule has 0 fully saturated rings. The number of hydrogen-bond acceptors (Lipinski definition) is 2. The minimum atomic E-state index is -0.0556. The van der Waals surface area contributed by atoms with E-state index in [2.05, 4.69) is 33.0 Å². The molecule has 0 unspecified atom stereocenters. The molecule has 1 N–H and O–H groups in total. The van der Waals surface area contributed by atoms with Crippen LogP contribution in [0.3, 0.4) is 0 Å². The van der Waals surface area contributed by atoms with Crippen molar-refractivity contribution in [1.29, 1.82) is 0 Å². The first-order valence-corrected chi connectivity index (χ1v) is 7.39. The molecular formula is C15H10BrNOS. The van der Waals surface area contributed by atoms with E-state index in [1.165, 1.54) is 0 Å². The Labute approximate surface area is 123 Å². The van der Waals surface area contributed by atoms with Gasteiger partial charge in [-0.05, 0) is 30.3 Å². The third-order valence-electron chi connectivity index (χ3n) is 2.80. The van der Waals surface area contributed by atoms with E-state index in [9.17, 15) is 4.79 Å². The molecule has 2 nitrogen and oxygen atoms in total. The average Bonchev–Trinajstić information content (AvgIpc) is 2.43. The summed E-state index contributed by atoms with van der Waals surface area (Å²) < 4.78 is 0.973. The SMILES string of the molecule is O=c1[nH]cc(Sc2ccccc2)c2cc(Br)ccc12. The Morgan fingerprint density at radius 3 is 2.58 bits per heavy atom. The van der Waals surface area contributed by atoms with Gasteiger partial charge >= 0.3 is 0 Å². The highest BCUT2D eigenvalue weighted by molar-refractivity contribution is 9.10. The molecular weight excluding hydrogens is 322 g/mol. The number of hydrogen-bond donors (Lipinski definition) is 1. The molecule has 1 aromatic heterocycles. The third kappa shape index (κ3) is 2.60. The number of fused-ring (bicyclic) bond motifs is 1. The fourth-order valence-electron chi connectivity index (χ4n) is 1.90. The summed E-state index contributed by atoms with van der Waals surface area (Å²) >= 11 is 5.10. The standard InChI is InChI=1S/C15H10BrNOS/c16-10-6-7-12-13(8-10)14(9-17-15(12)18)19-11-4-2-1-3-5-11/h1-9H,(H,17,18). The number of rotatable bonds is 2. The number of aromatic nitrogens is 1. The predicted molar refractivity (Wildman–Crippen MR) is 82.8 cm³/mol. The highest BCUT2D eigenvalue weighted by Crippen LogP contribution is 2.32. The summed E-state index contributed by atoms with van der Waals surface area (Å²) in [6.45, 7) is 0. The Hall–Kier alpha value is -1.52. The highest BCUT2D eigenvalue weighted by atomic mass is 79.9. The Balaban J connectivity index is 2.16. The van der Waals surface area contributed by atoms with Crippen molar-refractivity contribution >= 4 is 38.5 Å². The lowest BCUT2D eigenvalue weighted by atomic mass is 10.2. The molecule has 0 saturated heterocycles.